The van der Waals surface area contributed by atoms with Crippen LogP contribution in [0.2, 0.25) is 0 Å². The maximum Gasteiger partial charge on any atom is 0.236 e. The molecule has 0 aromatic carbocycles. The number of hydrogen-bond acceptors (Lipinski definition) is 2. The minimum atomic E-state index is 0.185. The molecule has 1 amide bonds. The van der Waals surface area contributed by atoms with Gasteiger partial charge in [-0.2, -0.15) is 0 Å². The maximum absolute atomic E-state index is 11.6. The normalized spacial score (nSPS) is 14.6. The van der Waals surface area contributed by atoms with E-state index in [1.165, 1.54) is 6.42 Å². The van der Waals surface area contributed by atoms with Crippen LogP contribution in [-0.4, -0.2) is 37.0 Å². The Balaban J connectivity index is 3.91. The second-order valence-electron chi connectivity index (χ2n) is 4.64. The van der Waals surface area contributed by atoms with E-state index in [9.17, 15) is 4.79 Å². The lowest BCUT2D eigenvalue weighted by atomic mass is 9.98. The number of carbonyl (C=O) groups excluding carboxylic acids is 1. The van der Waals surface area contributed by atoms with Gasteiger partial charge in [0.05, 0.1) is 6.54 Å². The van der Waals surface area contributed by atoms with E-state index in [2.05, 4.69) is 26.1 Å². The lowest BCUT2D eigenvalue weighted by Gasteiger charge is -2.22. The van der Waals surface area contributed by atoms with Crippen LogP contribution in [0, 0.1) is 5.92 Å². The lowest BCUT2D eigenvalue weighted by molar-refractivity contribution is -0.128. The average molecular weight is 228 g/mol. The van der Waals surface area contributed by atoms with Gasteiger partial charge in [0.15, 0.2) is 0 Å². The molecule has 0 rings (SSSR count). The summed E-state index contributed by atoms with van der Waals surface area (Å²) in [5.41, 5.74) is 0. The SMILES string of the molecule is CCC(C)CC(CC)NCC(=O)N(C)CC. The number of nitrogens with one attached hydrogen (secondary N) is 1. The third-order valence-corrected chi connectivity index (χ3v) is 3.32. The summed E-state index contributed by atoms with van der Waals surface area (Å²) in [4.78, 5) is 13.4. The molecule has 16 heavy (non-hydrogen) atoms. The summed E-state index contributed by atoms with van der Waals surface area (Å²) >= 11 is 0. The zero-order valence-corrected chi connectivity index (χ0v) is 11.5. The van der Waals surface area contributed by atoms with Crippen LogP contribution < -0.4 is 5.32 Å². The van der Waals surface area contributed by atoms with Crippen LogP contribution in [0.25, 0.3) is 0 Å². The molecule has 0 bridgehead atoms. The van der Waals surface area contributed by atoms with Crippen molar-refractivity contribution in [3.05, 3.63) is 0 Å². The summed E-state index contributed by atoms with van der Waals surface area (Å²) in [6, 6.07) is 0.476. The first-order valence-corrected chi connectivity index (χ1v) is 6.52. The number of carbonyl (C=O) groups is 1. The number of rotatable bonds is 8. The van der Waals surface area contributed by atoms with Crippen molar-refractivity contribution in [2.75, 3.05) is 20.1 Å². The molecule has 0 aliphatic carbocycles. The van der Waals surface area contributed by atoms with Gasteiger partial charge in [-0.1, -0.05) is 27.2 Å². The molecule has 0 aromatic rings. The topological polar surface area (TPSA) is 32.3 Å². The number of amides is 1. The van der Waals surface area contributed by atoms with E-state index in [4.69, 9.17) is 0 Å². The number of likely N-dealkylation sites (N-methyl/N-ethyl adjacent to an activating group) is 1. The molecule has 0 fully saturated rings. The highest BCUT2D eigenvalue weighted by atomic mass is 16.2. The van der Waals surface area contributed by atoms with Crippen LogP contribution in [-0.2, 0) is 4.79 Å². The van der Waals surface area contributed by atoms with Crippen molar-refractivity contribution >= 4 is 5.91 Å². The molecule has 3 heteroatoms. The van der Waals surface area contributed by atoms with Crippen LogP contribution in [0.4, 0.5) is 0 Å². The summed E-state index contributed by atoms with van der Waals surface area (Å²) in [5.74, 6) is 0.918. The van der Waals surface area contributed by atoms with Gasteiger partial charge in [-0.05, 0) is 25.7 Å². The molecule has 0 saturated heterocycles. The van der Waals surface area contributed by atoms with Crippen molar-refractivity contribution in [2.24, 2.45) is 5.92 Å². The third-order valence-electron chi connectivity index (χ3n) is 3.32. The number of hydrogen-bond donors (Lipinski definition) is 1. The Kier molecular flexibility index (Phi) is 8.26. The highest BCUT2D eigenvalue weighted by Crippen LogP contribution is 2.11. The lowest BCUT2D eigenvalue weighted by Crippen LogP contribution is -2.40. The summed E-state index contributed by atoms with van der Waals surface area (Å²) in [7, 11) is 1.85. The smallest absolute Gasteiger partial charge is 0.236 e. The van der Waals surface area contributed by atoms with Gasteiger partial charge in [-0.3, -0.25) is 4.79 Å². The van der Waals surface area contributed by atoms with Crippen LogP contribution in [0.3, 0.4) is 0 Å². The van der Waals surface area contributed by atoms with E-state index >= 15 is 0 Å². The second-order valence-corrected chi connectivity index (χ2v) is 4.64. The first-order chi connectivity index (χ1) is 7.54. The van der Waals surface area contributed by atoms with Crippen LogP contribution in [0.5, 0.6) is 0 Å². The summed E-state index contributed by atoms with van der Waals surface area (Å²) in [5, 5.41) is 3.36. The Labute approximate surface area is 101 Å². The number of nitrogens with zero attached hydrogens (tertiary/aromatic N) is 1. The maximum atomic E-state index is 11.6. The zero-order chi connectivity index (χ0) is 12.6. The Hall–Kier alpha value is -0.570. The van der Waals surface area contributed by atoms with E-state index in [-0.39, 0.29) is 5.91 Å². The van der Waals surface area contributed by atoms with Crippen molar-refractivity contribution in [3.8, 4) is 0 Å². The van der Waals surface area contributed by atoms with Gasteiger partial charge in [0.2, 0.25) is 5.91 Å². The fourth-order valence-electron chi connectivity index (χ4n) is 1.59. The minimum Gasteiger partial charge on any atom is -0.345 e. The van der Waals surface area contributed by atoms with Crippen LogP contribution in [0.1, 0.15) is 47.0 Å². The molecule has 2 unspecified atom stereocenters. The molecular weight excluding hydrogens is 200 g/mol. The molecule has 1 N–H and O–H groups in total. The molecule has 0 radical (unpaired) electrons. The third kappa shape index (κ3) is 6.11. The fourth-order valence-corrected chi connectivity index (χ4v) is 1.59. The van der Waals surface area contributed by atoms with E-state index in [0.29, 0.717) is 12.6 Å². The van der Waals surface area contributed by atoms with Gasteiger partial charge in [-0.25, -0.2) is 0 Å². The molecule has 96 valence electrons. The van der Waals surface area contributed by atoms with Gasteiger partial charge in [0, 0.05) is 19.6 Å². The quantitative estimate of drug-likeness (QED) is 0.691. The van der Waals surface area contributed by atoms with E-state index in [1.54, 1.807) is 4.90 Å². The van der Waals surface area contributed by atoms with Gasteiger partial charge in [-0.15, -0.1) is 0 Å². The molecule has 2 atom stereocenters. The first-order valence-electron chi connectivity index (χ1n) is 6.52. The largest absolute Gasteiger partial charge is 0.345 e. The van der Waals surface area contributed by atoms with Crippen molar-refractivity contribution in [3.63, 3.8) is 0 Å². The highest BCUT2D eigenvalue weighted by molar-refractivity contribution is 5.77. The molecule has 3 nitrogen and oxygen atoms in total. The Morgan fingerprint density at radius 2 is 1.88 bits per heavy atom. The molecule has 0 spiro atoms. The Morgan fingerprint density at radius 3 is 2.31 bits per heavy atom. The molecular formula is C13H28N2O. The van der Waals surface area contributed by atoms with Gasteiger partial charge in [0.25, 0.3) is 0 Å². The Bertz CT molecular complexity index is 194. The standard InChI is InChI=1S/C13H28N2O/c1-6-11(4)9-12(7-2)14-10-13(16)15(5)8-3/h11-12,14H,6-10H2,1-5H3. The Morgan fingerprint density at radius 1 is 1.25 bits per heavy atom. The second kappa shape index (κ2) is 8.57. The predicted molar refractivity (Wildman–Crippen MR) is 69.5 cm³/mol. The van der Waals surface area contributed by atoms with Crippen molar-refractivity contribution in [1.82, 2.24) is 10.2 Å². The van der Waals surface area contributed by atoms with Gasteiger partial charge in [0.1, 0.15) is 0 Å². The molecule has 0 saturated carbocycles. The minimum absolute atomic E-state index is 0.185. The van der Waals surface area contributed by atoms with E-state index in [0.717, 1.165) is 25.3 Å². The molecule has 0 aliphatic rings. The van der Waals surface area contributed by atoms with Gasteiger partial charge >= 0.3 is 0 Å². The monoisotopic (exact) mass is 228 g/mol. The highest BCUT2D eigenvalue weighted by Gasteiger charge is 2.12. The van der Waals surface area contributed by atoms with Gasteiger partial charge < -0.3 is 10.2 Å². The van der Waals surface area contributed by atoms with Crippen molar-refractivity contribution in [2.45, 2.75) is 53.0 Å². The van der Waals surface area contributed by atoms with Crippen LogP contribution in [0.15, 0.2) is 0 Å². The van der Waals surface area contributed by atoms with E-state index < -0.39 is 0 Å². The fraction of sp³-hybridized carbons (Fsp3) is 0.923. The zero-order valence-electron chi connectivity index (χ0n) is 11.5. The van der Waals surface area contributed by atoms with E-state index in [1.807, 2.05) is 14.0 Å². The molecule has 0 heterocycles. The summed E-state index contributed by atoms with van der Waals surface area (Å²) < 4.78 is 0. The predicted octanol–water partition coefficient (Wildman–Crippen LogP) is 2.27. The summed E-state index contributed by atoms with van der Waals surface area (Å²) in [6.45, 7) is 9.90. The molecule has 0 aliphatic heterocycles. The van der Waals surface area contributed by atoms with Crippen molar-refractivity contribution in [1.29, 1.82) is 0 Å². The average Bonchev–Trinajstić information content (AvgIpc) is 2.32. The molecule has 0 aromatic heterocycles. The van der Waals surface area contributed by atoms with Crippen molar-refractivity contribution < 1.29 is 4.79 Å². The summed E-state index contributed by atoms with van der Waals surface area (Å²) in [6.07, 6.45) is 3.46. The van der Waals surface area contributed by atoms with Crippen LogP contribution >= 0.6 is 0 Å². The first kappa shape index (κ1) is 15.4.